The van der Waals surface area contributed by atoms with Gasteiger partial charge in [0.1, 0.15) is 11.8 Å². The van der Waals surface area contributed by atoms with Crippen LogP contribution in [0.5, 0.6) is 0 Å². The Morgan fingerprint density at radius 3 is 2.62 bits per heavy atom. The fourth-order valence-corrected chi connectivity index (χ4v) is 5.49. The van der Waals surface area contributed by atoms with Crippen LogP contribution >= 0.6 is 24.0 Å². The lowest BCUT2D eigenvalue weighted by Crippen LogP contribution is -2.29. The molecule has 188 valence electrons. The van der Waals surface area contributed by atoms with Crippen molar-refractivity contribution >= 4 is 46.4 Å². The number of carbonyl (C=O) groups is 1. The van der Waals surface area contributed by atoms with Crippen molar-refractivity contribution in [2.45, 2.75) is 49.3 Å². The normalized spacial score (nSPS) is 17.1. The smallest absolute Gasteiger partial charge is 0.224 e. The third kappa shape index (κ3) is 5.40. The molecule has 2 aromatic carbocycles. The van der Waals surface area contributed by atoms with Crippen LogP contribution in [-0.4, -0.2) is 16.0 Å². The fourth-order valence-electron chi connectivity index (χ4n) is 4.37. The molecule has 1 fully saturated rings. The first-order chi connectivity index (χ1) is 17.9. The third-order valence-electron chi connectivity index (χ3n) is 6.31. The van der Waals surface area contributed by atoms with Gasteiger partial charge in [-0.1, -0.05) is 42.4 Å². The number of aromatic nitrogens is 1. The molecule has 1 amide bonds. The van der Waals surface area contributed by atoms with Crippen LogP contribution < -0.4 is 15.5 Å². The SMILES string of the molecule is CCC(=O)Nc1ccc(N2C(=S)NC(c3ccccn3)C2c2ccc(Sc3ccc(C)cc3)o2)cc1C. The zero-order valence-corrected chi connectivity index (χ0v) is 22.5. The van der Waals surface area contributed by atoms with Gasteiger partial charge in [0.25, 0.3) is 0 Å². The third-order valence-corrected chi connectivity index (χ3v) is 7.56. The number of nitrogens with zero attached hydrogens (tertiary/aromatic N) is 2. The van der Waals surface area contributed by atoms with Crippen LogP contribution in [0.4, 0.5) is 11.4 Å². The maximum Gasteiger partial charge on any atom is 0.224 e. The van der Waals surface area contributed by atoms with E-state index in [2.05, 4.69) is 51.7 Å². The topological polar surface area (TPSA) is 70.4 Å². The van der Waals surface area contributed by atoms with Gasteiger partial charge in [-0.2, -0.15) is 0 Å². The van der Waals surface area contributed by atoms with Crippen LogP contribution in [0.25, 0.3) is 0 Å². The van der Waals surface area contributed by atoms with E-state index in [-0.39, 0.29) is 18.0 Å². The number of carbonyl (C=O) groups excluding carboxylic acids is 1. The molecule has 0 radical (unpaired) electrons. The standard InChI is InChI=1S/C29H28N4O2S2/c1-4-25(34)31-22-13-10-20(17-19(22)3)33-28(27(32-29(33)36)23-7-5-6-16-30-23)24-14-15-26(35-24)37-21-11-8-18(2)9-12-21/h5-17,27-28H,4H2,1-3H3,(H,31,34)(H,32,36). The molecule has 0 saturated carbocycles. The zero-order chi connectivity index (χ0) is 25.9. The number of pyridine rings is 1. The zero-order valence-electron chi connectivity index (χ0n) is 20.9. The van der Waals surface area contributed by atoms with Crippen LogP contribution in [0.2, 0.25) is 0 Å². The van der Waals surface area contributed by atoms with Crippen molar-refractivity contribution < 1.29 is 9.21 Å². The second-order valence-electron chi connectivity index (χ2n) is 8.97. The monoisotopic (exact) mass is 528 g/mol. The summed E-state index contributed by atoms with van der Waals surface area (Å²) < 4.78 is 6.41. The number of benzene rings is 2. The summed E-state index contributed by atoms with van der Waals surface area (Å²) in [5.41, 5.74) is 4.76. The Morgan fingerprint density at radius 1 is 1.11 bits per heavy atom. The lowest BCUT2D eigenvalue weighted by atomic mass is 10.0. The molecule has 8 heteroatoms. The molecule has 5 rings (SSSR count). The molecule has 1 saturated heterocycles. The summed E-state index contributed by atoms with van der Waals surface area (Å²) in [6.45, 7) is 5.90. The number of aryl methyl sites for hydroxylation is 2. The minimum absolute atomic E-state index is 0.0171. The molecule has 2 N–H and O–H groups in total. The predicted octanol–water partition coefficient (Wildman–Crippen LogP) is 6.97. The highest BCUT2D eigenvalue weighted by Gasteiger charge is 2.42. The number of amides is 1. The number of furan rings is 1. The first-order valence-corrected chi connectivity index (χ1v) is 13.4. The van der Waals surface area contributed by atoms with Gasteiger partial charge < -0.3 is 20.0 Å². The number of hydrogen-bond acceptors (Lipinski definition) is 5. The molecule has 1 aliphatic heterocycles. The minimum atomic E-state index is -0.245. The Labute approximate surface area is 226 Å². The van der Waals surface area contributed by atoms with E-state index < -0.39 is 0 Å². The summed E-state index contributed by atoms with van der Waals surface area (Å²) in [6.07, 6.45) is 2.21. The van der Waals surface area contributed by atoms with Gasteiger partial charge in [-0.3, -0.25) is 9.78 Å². The average molecular weight is 529 g/mol. The first kappa shape index (κ1) is 25.0. The van der Waals surface area contributed by atoms with Crippen molar-refractivity contribution in [3.05, 3.63) is 102 Å². The highest BCUT2D eigenvalue weighted by Crippen LogP contribution is 2.44. The highest BCUT2D eigenvalue weighted by molar-refractivity contribution is 7.99. The van der Waals surface area contributed by atoms with Gasteiger partial charge in [-0.15, -0.1) is 0 Å². The van der Waals surface area contributed by atoms with Crippen LogP contribution in [0.15, 0.2) is 93.4 Å². The molecule has 2 unspecified atom stereocenters. The van der Waals surface area contributed by atoms with Crippen molar-refractivity contribution in [1.82, 2.24) is 10.3 Å². The Hall–Kier alpha value is -3.62. The molecule has 2 aromatic heterocycles. The van der Waals surface area contributed by atoms with E-state index in [0.29, 0.717) is 11.5 Å². The fraction of sp³-hybridized carbons (Fsp3) is 0.207. The molecule has 1 aliphatic rings. The van der Waals surface area contributed by atoms with E-state index >= 15 is 0 Å². The van der Waals surface area contributed by atoms with E-state index in [1.165, 1.54) is 5.56 Å². The number of thiocarbonyl (C=S) groups is 1. The lowest BCUT2D eigenvalue weighted by molar-refractivity contribution is -0.115. The van der Waals surface area contributed by atoms with Crippen molar-refractivity contribution in [2.75, 3.05) is 10.2 Å². The molecule has 0 aliphatic carbocycles. The van der Waals surface area contributed by atoms with Crippen molar-refractivity contribution in [3.8, 4) is 0 Å². The second-order valence-corrected chi connectivity index (χ2v) is 10.4. The van der Waals surface area contributed by atoms with Gasteiger partial charge in [-0.05, 0) is 86.2 Å². The van der Waals surface area contributed by atoms with Crippen LogP contribution in [0.3, 0.4) is 0 Å². The largest absolute Gasteiger partial charge is 0.452 e. The van der Waals surface area contributed by atoms with Gasteiger partial charge in [0.15, 0.2) is 10.2 Å². The van der Waals surface area contributed by atoms with Crippen LogP contribution in [0.1, 0.15) is 48.0 Å². The Kier molecular flexibility index (Phi) is 7.30. The molecule has 0 spiro atoms. The Bertz CT molecular complexity index is 1420. The molecule has 3 heterocycles. The lowest BCUT2D eigenvalue weighted by Gasteiger charge is -2.26. The number of hydrogen-bond donors (Lipinski definition) is 2. The molecular formula is C29H28N4O2S2. The molecule has 4 aromatic rings. The maximum absolute atomic E-state index is 11.9. The summed E-state index contributed by atoms with van der Waals surface area (Å²) in [6, 6.07) is 23.8. The summed E-state index contributed by atoms with van der Waals surface area (Å²) in [4.78, 5) is 19.7. The summed E-state index contributed by atoms with van der Waals surface area (Å²) in [5, 5.41) is 7.83. The van der Waals surface area contributed by atoms with Gasteiger partial charge in [0.05, 0.1) is 11.7 Å². The Morgan fingerprint density at radius 2 is 1.92 bits per heavy atom. The number of rotatable bonds is 7. The quantitative estimate of drug-likeness (QED) is 0.251. The maximum atomic E-state index is 11.9. The first-order valence-electron chi connectivity index (χ1n) is 12.2. The van der Waals surface area contributed by atoms with Gasteiger partial charge in [0.2, 0.25) is 5.91 Å². The van der Waals surface area contributed by atoms with Gasteiger partial charge in [0, 0.05) is 28.9 Å². The van der Waals surface area contributed by atoms with E-state index in [9.17, 15) is 4.79 Å². The summed E-state index contributed by atoms with van der Waals surface area (Å²) in [7, 11) is 0. The summed E-state index contributed by atoms with van der Waals surface area (Å²) >= 11 is 7.42. The van der Waals surface area contributed by atoms with Crippen LogP contribution in [-0.2, 0) is 4.79 Å². The van der Waals surface area contributed by atoms with E-state index in [1.807, 2.05) is 62.4 Å². The molecule has 2 atom stereocenters. The van der Waals surface area contributed by atoms with E-state index in [1.54, 1.807) is 18.0 Å². The molecule has 0 bridgehead atoms. The average Bonchev–Trinajstić information content (AvgIpc) is 3.51. The van der Waals surface area contributed by atoms with E-state index in [0.717, 1.165) is 38.4 Å². The number of nitrogens with one attached hydrogen (secondary N) is 2. The predicted molar refractivity (Wildman–Crippen MR) is 152 cm³/mol. The summed E-state index contributed by atoms with van der Waals surface area (Å²) in [5.74, 6) is 0.773. The highest BCUT2D eigenvalue weighted by atomic mass is 32.2. The molecule has 6 nitrogen and oxygen atoms in total. The van der Waals surface area contributed by atoms with Crippen LogP contribution in [0, 0.1) is 13.8 Å². The van der Waals surface area contributed by atoms with Crippen molar-refractivity contribution in [3.63, 3.8) is 0 Å². The molecule has 37 heavy (non-hydrogen) atoms. The molecular weight excluding hydrogens is 500 g/mol. The van der Waals surface area contributed by atoms with Crippen molar-refractivity contribution in [2.24, 2.45) is 0 Å². The number of anilines is 2. The van der Waals surface area contributed by atoms with Crippen molar-refractivity contribution in [1.29, 1.82) is 0 Å². The Balaban J connectivity index is 1.50. The minimum Gasteiger partial charge on any atom is -0.452 e. The van der Waals surface area contributed by atoms with Gasteiger partial charge >= 0.3 is 0 Å². The van der Waals surface area contributed by atoms with Gasteiger partial charge in [-0.25, -0.2) is 0 Å². The second kappa shape index (κ2) is 10.8. The van der Waals surface area contributed by atoms with E-state index in [4.69, 9.17) is 16.6 Å².